The van der Waals surface area contributed by atoms with E-state index in [4.69, 9.17) is 0 Å². The van der Waals surface area contributed by atoms with Gasteiger partial charge < -0.3 is 9.80 Å². The molecule has 1 aromatic heterocycles. The van der Waals surface area contributed by atoms with Crippen LogP contribution in [0.1, 0.15) is 60.0 Å². The summed E-state index contributed by atoms with van der Waals surface area (Å²) in [6.45, 7) is 7.04. The van der Waals surface area contributed by atoms with E-state index in [1.54, 1.807) is 11.1 Å². The van der Waals surface area contributed by atoms with Crippen LogP contribution in [0.25, 0.3) is 0 Å². The topological polar surface area (TPSA) is 66.4 Å². The van der Waals surface area contributed by atoms with E-state index >= 15 is 0 Å². The van der Waals surface area contributed by atoms with Crippen LogP contribution in [0, 0.1) is 6.92 Å². The first-order valence-electron chi connectivity index (χ1n) is 9.85. The lowest BCUT2D eigenvalue weighted by Crippen LogP contribution is -2.49. The van der Waals surface area contributed by atoms with Crippen LogP contribution in [0.5, 0.6) is 0 Å². The van der Waals surface area contributed by atoms with Crippen molar-refractivity contribution >= 4 is 17.5 Å². The molecule has 3 heterocycles. The van der Waals surface area contributed by atoms with E-state index in [2.05, 4.69) is 16.0 Å². The summed E-state index contributed by atoms with van der Waals surface area (Å²) in [7, 11) is 1.84. The lowest BCUT2D eigenvalue weighted by molar-refractivity contribution is -0.124. The van der Waals surface area contributed by atoms with Crippen molar-refractivity contribution in [2.75, 3.05) is 25.0 Å². The third-order valence-electron chi connectivity index (χ3n) is 6.14. The average molecular weight is 378 g/mol. The van der Waals surface area contributed by atoms with Gasteiger partial charge in [-0.15, -0.1) is 0 Å². The molecule has 1 fully saturated rings. The number of aryl methyl sites for hydroxylation is 1. The maximum Gasteiger partial charge on any atom is 0.257 e. The maximum atomic E-state index is 13.0. The number of rotatable bonds is 2. The number of piperidine rings is 1. The molecule has 0 aliphatic carbocycles. The van der Waals surface area contributed by atoms with Gasteiger partial charge in [-0.2, -0.15) is 0 Å². The lowest BCUT2D eigenvalue weighted by atomic mass is 9.73. The first kappa shape index (κ1) is 18.6. The summed E-state index contributed by atoms with van der Waals surface area (Å²) >= 11 is 0. The van der Waals surface area contributed by atoms with Gasteiger partial charge in [-0.05, 0) is 31.4 Å². The van der Waals surface area contributed by atoms with E-state index in [0.29, 0.717) is 37.2 Å². The Kier molecular flexibility index (Phi) is 4.44. The minimum Gasteiger partial charge on any atom is -0.338 e. The molecule has 6 nitrogen and oxygen atoms in total. The quantitative estimate of drug-likeness (QED) is 0.806. The molecule has 0 bridgehead atoms. The molecule has 1 aromatic carbocycles. The highest BCUT2D eigenvalue weighted by Crippen LogP contribution is 2.47. The van der Waals surface area contributed by atoms with E-state index in [1.807, 2.05) is 50.9 Å². The third-order valence-corrected chi connectivity index (χ3v) is 6.14. The SMILES string of the molecule is Cc1nc(C(C)C)ncc1C(=O)N1CCC2(CC1)C(=O)N(C)c1ccccc12. The van der Waals surface area contributed by atoms with Crippen LogP contribution in [0.4, 0.5) is 5.69 Å². The van der Waals surface area contributed by atoms with Crippen LogP contribution >= 0.6 is 0 Å². The number of likely N-dealkylation sites (tertiary alicyclic amines) is 1. The number of likely N-dealkylation sites (N-methyl/N-ethyl adjacent to an activating group) is 1. The highest BCUT2D eigenvalue weighted by Gasteiger charge is 2.51. The van der Waals surface area contributed by atoms with Gasteiger partial charge in [0, 0.05) is 37.9 Å². The van der Waals surface area contributed by atoms with Crippen molar-refractivity contribution in [3.05, 3.63) is 53.1 Å². The molecule has 1 spiro atoms. The summed E-state index contributed by atoms with van der Waals surface area (Å²) in [6, 6.07) is 8.00. The standard InChI is InChI=1S/C22H26N4O2/c1-14(2)19-23-13-16(15(3)24-19)20(27)26-11-9-22(10-12-26)17-7-5-6-8-18(17)25(4)21(22)28/h5-8,13-14H,9-12H2,1-4H3. The van der Waals surface area contributed by atoms with E-state index in [1.165, 1.54) is 0 Å². The Bertz CT molecular complexity index is 945. The second-order valence-corrected chi connectivity index (χ2v) is 8.14. The number of hydrogen-bond donors (Lipinski definition) is 0. The smallest absolute Gasteiger partial charge is 0.257 e. The number of carbonyl (C=O) groups is 2. The highest BCUT2D eigenvalue weighted by molar-refractivity contribution is 6.08. The van der Waals surface area contributed by atoms with Crippen LogP contribution in [-0.4, -0.2) is 46.8 Å². The van der Waals surface area contributed by atoms with Gasteiger partial charge in [-0.3, -0.25) is 9.59 Å². The first-order valence-corrected chi connectivity index (χ1v) is 9.85. The molecule has 6 heteroatoms. The fourth-order valence-corrected chi connectivity index (χ4v) is 4.43. The average Bonchev–Trinajstić information content (AvgIpc) is 2.90. The molecule has 1 saturated heterocycles. The van der Waals surface area contributed by atoms with Gasteiger partial charge in [0.15, 0.2) is 0 Å². The molecule has 4 rings (SSSR count). The van der Waals surface area contributed by atoms with Crippen LogP contribution in [0.2, 0.25) is 0 Å². The van der Waals surface area contributed by atoms with Crippen LogP contribution < -0.4 is 4.90 Å². The van der Waals surface area contributed by atoms with Gasteiger partial charge in [-0.1, -0.05) is 32.0 Å². The first-order chi connectivity index (χ1) is 13.3. The van der Waals surface area contributed by atoms with Crippen molar-refractivity contribution in [3.63, 3.8) is 0 Å². The summed E-state index contributed by atoms with van der Waals surface area (Å²) in [4.78, 5) is 38.5. The molecule has 2 aliphatic rings. The zero-order valence-electron chi connectivity index (χ0n) is 16.9. The number of anilines is 1. The minimum atomic E-state index is -0.505. The summed E-state index contributed by atoms with van der Waals surface area (Å²) in [6.07, 6.45) is 2.93. The van der Waals surface area contributed by atoms with Crippen molar-refractivity contribution < 1.29 is 9.59 Å². The molecule has 0 saturated carbocycles. The molecule has 2 amide bonds. The zero-order chi connectivity index (χ0) is 20.1. The molecule has 0 unspecified atom stereocenters. The van der Waals surface area contributed by atoms with Crippen LogP contribution in [0.15, 0.2) is 30.5 Å². The summed E-state index contributed by atoms with van der Waals surface area (Å²) in [5.41, 5.74) is 2.84. The Morgan fingerprint density at radius 3 is 2.50 bits per heavy atom. The summed E-state index contributed by atoms with van der Waals surface area (Å²) in [5.74, 6) is 1.07. The number of benzene rings is 1. The molecule has 0 atom stereocenters. The Morgan fingerprint density at radius 2 is 1.86 bits per heavy atom. The number of para-hydroxylation sites is 1. The fourth-order valence-electron chi connectivity index (χ4n) is 4.43. The van der Waals surface area contributed by atoms with E-state index in [0.717, 1.165) is 17.1 Å². The molecule has 2 aromatic rings. The molecule has 146 valence electrons. The van der Waals surface area contributed by atoms with E-state index < -0.39 is 5.41 Å². The Balaban J connectivity index is 1.55. The van der Waals surface area contributed by atoms with Gasteiger partial charge in [0.1, 0.15) is 5.82 Å². The van der Waals surface area contributed by atoms with Crippen molar-refractivity contribution in [2.24, 2.45) is 0 Å². The second-order valence-electron chi connectivity index (χ2n) is 8.14. The molecular formula is C22H26N4O2. The van der Waals surface area contributed by atoms with Crippen molar-refractivity contribution in [3.8, 4) is 0 Å². The predicted molar refractivity (Wildman–Crippen MR) is 108 cm³/mol. The van der Waals surface area contributed by atoms with E-state index in [-0.39, 0.29) is 17.7 Å². The number of carbonyl (C=O) groups excluding carboxylic acids is 2. The summed E-state index contributed by atoms with van der Waals surface area (Å²) < 4.78 is 0. The molecule has 2 aliphatic heterocycles. The van der Waals surface area contributed by atoms with Gasteiger partial charge in [0.05, 0.1) is 16.7 Å². The van der Waals surface area contributed by atoms with Gasteiger partial charge in [0.25, 0.3) is 5.91 Å². The number of nitrogens with zero attached hydrogens (tertiary/aromatic N) is 4. The monoisotopic (exact) mass is 378 g/mol. The number of amides is 2. The maximum absolute atomic E-state index is 13.0. The van der Waals surface area contributed by atoms with Crippen LogP contribution in [-0.2, 0) is 10.2 Å². The molecule has 28 heavy (non-hydrogen) atoms. The zero-order valence-corrected chi connectivity index (χ0v) is 16.9. The van der Waals surface area contributed by atoms with Crippen molar-refractivity contribution in [1.29, 1.82) is 0 Å². The lowest BCUT2D eigenvalue weighted by Gasteiger charge is -2.38. The van der Waals surface area contributed by atoms with Gasteiger partial charge >= 0.3 is 0 Å². The van der Waals surface area contributed by atoms with Crippen molar-refractivity contribution in [1.82, 2.24) is 14.9 Å². The normalized spacial score (nSPS) is 18.1. The third kappa shape index (κ3) is 2.70. The van der Waals surface area contributed by atoms with E-state index in [9.17, 15) is 9.59 Å². The largest absolute Gasteiger partial charge is 0.338 e. The number of aromatic nitrogens is 2. The Hall–Kier alpha value is -2.76. The van der Waals surface area contributed by atoms with Crippen LogP contribution in [0.3, 0.4) is 0 Å². The molecule has 0 radical (unpaired) electrons. The number of fused-ring (bicyclic) bond motifs is 2. The highest BCUT2D eigenvalue weighted by atomic mass is 16.2. The predicted octanol–water partition coefficient (Wildman–Crippen LogP) is 3.06. The fraction of sp³-hybridized carbons (Fsp3) is 0.455. The molecule has 0 N–H and O–H groups in total. The van der Waals surface area contributed by atoms with Gasteiger partial charge in [-0.25, -0.2) is 9.97 Å². The van der Waals surface area contributed by atoms with Gasteiger partial charge in [0.2, 0.25) is 5.91 Å². The number of hydrogen-bond acceptors (Lipinski definition) is 4. The second kappa shape index (κ2) is 6.69. The Labute approximate surface area is 165 Å². The van der Waals surface area contributed by atoms with Crippen molar-refractivity contribution in [2.45, 2.75) is 44.9 Å². The molecular weight excluding hydrogens is 352 g/mol. The minimum absolute atomic E-state index is 0.0465. The summed E-state index contributed by atoms with van der Waals surface area (Å²) in [5, 5.41) is 0. The Morgan fingerprint density at radius 1 is 1.18 bits per heavy atom.